The van der Waals surface area contributed by atoms with Crippen molar-refractivity contribution in [1.29, 1.82) is 0 Å². The second-order valence-corrected chi connectivity index (χ2v) is 8.45. The highest BCUT2D eigenvalue weighted by atomic mass is 16.5. The van der Waals surface area contributed by atoms with Gasteiger partial charge in [0.1, 0.15) is 5.75 Å². The van der Waals surface area contributed by atoms with Crippen LogP contribution in [0.4, 0.5) is 0 Å². The molecular weight excluding hydrogens is 414 g/mol. The van der Waals surface area contributed by atoms with E-state index < -0.39 is 0 Å². The third-order valence-electron chi connectivity index (χ3n) is 6.29. The number of likely N-dealkylation sites (tertiary alicyclic amines) is 1. The third-order valence-corrected chi connectivity index (χ3v) is 6.29. The summed E-state index contributed by atoms with van der Waals surface area (Å²) in [6.45, 7) is 6.35. The molecule has 0 radical (unpaired) electrons. The summed E-state index contributed by atoms with van der Waals surface area (Å²) >= 11 is 0. The molecule has 7 nitrogen and oxygen atoms in total. The lowest BCUT2D eigenvalue weighted by Gasteiger charge is -2.24. The normalized spacial score (nSPS) is 16.5. The van der Waals surface area contributed by atoms with Crippen molar-refractivity contribution in [1.82, 2.24) is 24.6 Å². The SMILES string of the molecule is CCOc1ccc(CN2CCCC2c2ccc3c(C)nn(-c4ccccn4)c3n2)cc1CO. The Labute approximate surface area is 193 Å². The molecule has 1 N–H and O–H groups in total. The maximum Gasteiger partial charge on any atom is 0.165 e. The maximum absolute atomic E-state index is 9.77. The van der Waals surface area contributed by atoms with Crippen molar-refractivity contribution in [3.63, 3.8) is 0 Å². The zero-order valence-electron chi connectivity index (χ0n) is 19.1. The van der Waals surface area contributed by atoms with Crippen LogP contribution < -0.4 is 4.74 Å². The van der Waals surface area contributed by atoms with Gasteiger partial charge in [-0.2, -0.15) is 9.78 Å². The van der Waals surface area contributed by atoms with Crippen molar-refractivity contribution in [2.24, 2.45) is 0 Å². The van der Waals surface area contributed by atoms with Crippen LogP contribution in [-0.2, 0) is 13.2 Å². The van der Waals surface area contributed by atoms with Gasteiger partial charge in [-0.25, -0.2) is 9.97 Å². The Morgan fingerprint density at radius 3 is 2.85 bits per heavy atom. The Kier molecular flexibility index (Phi) is 6.07. The number of aliphatic hydroxyl groups excluding tert-OH is 1. The van der Waals surface area contributed by atoms with E-state index in [-0.39, 0.29) is 12.6 Å². The van der Waals surface area contributed by atoms with Gasteiger partial charge < -0.3 is 9.84 Å². The van der Waals surface area contributed by atoms with E-state index in [0.717, 1.165) is 65.5 Å². The van der Waals surface area contributed by atoms with E-state index in [9.17, 15) is 5.11 Å². The molecule has 1 aromatic carbocycles. The number of ether oxygens (including phenoxy) is 1. The van der Waals surface area contributed by atoms with E-state index in [4.69, 9.17) is 14.8 Å². The summed E-state index contributed by atoms with van der Waals surface area (Å²) in [6, 6.07) is 16.4. The molecule has 0 aliphatic carbocycles. The minimum atomic E-state index is -0.0261. The molecule has 1 aliphatic rings. The molecule has 3 aromatic heterocycles. The van der Waals surface area contributed by atoms with Crippen molar-refractivity contribution in [2.75, 3.05) is 13.2 Å². The fourth-order valence-electron chi connectivity index (χ4n) is 4.72. The van der Waals surface area contributed by atoms with Gasteiger partial charge in [0.05, 0.1) is 30.6 Å². The number of pyridine rings is 2. The highest BCUT2D eigenvalue weighted by molar-refractivity contribution is 5.79. The van der Waals surface area contributed by atoms with E-state index in [0.29, 0.717) is 6.61 Å². The molecule has 0 amide bonds. The summed E-state index contributed by atoms with van der Waals surface area (Å²) in [5, 5.41) is 15.5. The average Bonchev–Trinajstić information content (AvgIpc) is 3.44. The number of fused-ring (bicyclic) bond motifs is 1. The lowest BCUT2D eigenvalue weighted by atomic mass is 10.1. The van der Waals surface area contributed by atoms with Gasteiger partial charge in [0.25, 0.3) is 0 Å². The zero-order chi connectivity index (χ0) is 22.8. The van der Waals surface area contributed by atoms with E-state index in [1.54, 1.807) is 6.20 Å². The predicted octanol–water partition coefficient (Wildman–Crippen LogP) is 4.35. The van der Waals surface area contributed by atoms with Gasteiger partial charge in [-0.1, -0.05) is 12.1 Å². The first-order chi connectivity index (χ1) is 16.2. The van der Waals surface area contributed by atoms with Gasteiger partial charge in [-0.05, 0) is 75.2 Å². The van der Waals surface area contributed by atoms with Crippen LogP contribution in [0.15, 0.2) is 54.7 Å². The average molecular weight is 444 g/mol. The van der Waals surface area contributed by atoms with Crippen molar-refractivity contribution in [3.8, 4) is 11.6 Å². The molecule has 1 saturated heterocycles. The van der Waals surface area contributed by atoms with Crippen LogP contribution >= 0.6 is 0 Å². The topological polar surface area (TPSA) is 76.3 Å². The van der Waals surface area contributed by atoms with Gasteiger partial charge in [0, 0.05) is 23.7 Å². The Morgan fingerprint density at radius 1 is 1.15 bits per heavy atom. The smallest absolute Gasteiger partial charge is 0.165 e. The number of aryl methyl sites for hydroxylation is 1. The second kappa shape index (κ2) is 9.29. The monoisotopic (exact) mass is 443 g/mol. The molecular formula is C26H29N5O2. The molecule has 1 unspecified atom stereocenters. The summed E-state index contributed by atoms with van der Waals surface area (Å²) in [7, 11) is 0. The van der Waals surface area contributed by atoms with Crippen molar-refractivity contribution >= 4 is 11.0 Å². The first-order valence-corrected chi connectivity index (χ1v) is 11.5. The molecule has 4 heterocycles. The number of nitrogens with zero attached hydrogens (tertiary/aromatic N) is 5. The quantitative estimate of drug-likeness (QED) is 0.458. The van der Waals surface area contributed by atoms with Crippen LogP contribution in [-0.4, -0.2) is 42.9 Å². The highest BCUT2D eigenvalue weighted by Crippen LogP contribution is 2.34. The van der Waals surface area contributed by atoms with Gasteiger partial charge >= 0.3 is 0 Å². The lowest BCUT2D eigenvalue weighted by molar-refractivity contribution is 0.243. The maximum atomic E-state index is 9.77. The summed E-state index contributed by atoms with van der Waals surface area (Å²) in [4.78, 5) is 12.0. The molecule has 0 spiro atoms. The molecule has 0 bridgehead atoms. The summed E-state index contributed by atoms with van der Waals surface area (Å²) in [5.41, 5.74) is 4.86. The summed E-state index contributed by atoms with van der Waals surface area (Å²) in [5.74, 6) is 1.53. The molecule has 7 heteroatoms. The lowest BCUT2D eigenvalue weighted by Crippen LogP contribution is -2.23. The number of hydrogen-bond donors (Lipinski definition) is 1. The predicted molar refractivity (Wildman–Crippen MR) is 127 cm³/mol. The van der Waals surface area contributed by atoms with Gasteiger partial charge in [-0.3, -0.25) is 4.90 Å². The van der Waals surface area contributed by atoms with Gasteiger partial charge in [0.2, 0.25) is 0 Å². The second-order valence-electron chi connectivity index (χ2n) is 8.45. The summed E-state index contributed by atoms with van der Waals surface area (Å²) < 4.78 is 7.48. The Balaban J connectivity index is 1.45. The molecule has 1 fully saturated rings. The van der Waals surface area contributed by atoms with Crippen LogP contribution in [0, 0.1) is 6.92 Å². The molecule has 1 aliphatic heterocycles. The van der Waals surface area contributed by atoms with E-state index in [1.165, 1.54) is 5.56 Å². The molecule has 170 valence electrons. The fourth-order valence-corrected chi connectivity index (χ4v) is 4.72. The molecule has 5 rings (SSSR count). The van der Waals surface area contributed by atoms with Crippen LogP contribution in [0.2, 0.25) is 0 Å². The van der Waals surface area contributed by atoms with Crippen molar-refractivity contribution in [2.45, 2.75) is 45.9 Å². The number of aromatic nitrogens is 4. The molecule has 1 atom stereocenters. The standard InChI is InChI=1S/C26H29N5O2/c1-3-33-24-12-9-19(15-20(24)17-32)16-30-14-6-7-23(30)22-11-10-21-18(2)29-31(26(21)28-22)25-8-4-5-13-27-25/h4-5,8-13,15,23,32H,3,6-7,14,16-17H2,1-2H3. The molecule has 33 heavy (non-hydrogen) atoms. The van der Waals surface area contributed by atoms with Crippen LogP contribution in [0.25, 0.3) is 16.9 Å². The number of aliphatic hydroxyl groups is 1. The van der Waals surface area contributed by atoms with Crippen LogP contribution in [0.1, 0.15) is 48.3 Å². The zero-order valence-corrected chi connectivity index (χ0v) is 19.1. The Morgan fingerprint density at radius 2 is 2.06 bits per heavy atom. The van der Waals surface area contributed by atoms with E-state index >= 15 is 0 Å². The Bertz CT molecular complexity index is 1250. The number of rotatable bonds is 7. The molecule has 4 aromatic rings. The van der Waals surface area contributed by atoms with Crippen LogP contribution in [0.5, 0.6) is 5.75 Å². The van der Waals surface area contributed by atoms with E-state index in [1.807, 2.05) is 42.8 Å². The Hall–Kier alpha value is -3.29. The third kappa shape index (κ3) is 4.21. The fraction of sp³-hybridized carbons (Fsp3) is 0.346. The van der Waals surface area contributed by atoms with Crippen molar-refractivity contribution < 1.29 is 9.84 Å². The minimum absolute atomic E-state index is 0.0261. The minimum Gasteiger partial charge on any atom is -0.494 e. The van der Waals surface area contributed by atoms with Crippen LogP contribution in [0.3, 0.4) is 0 Å². The largest absolute Gasteiger partial charge is 0.494 e. The first kappa shape index (κ1) is 21.6. The summed E-state index contributed by atoms with van der Waals surface area (Å²) in [6.07, 6.45) is 3.98. The van der Waals surface area contributed by atoms with E-state index in [2.05, 4.69) is 34.1 Å². The van der Waals surface area contributed by atoms with Crippen molar-refractivity contribution in [3.05, 3.63) is 77.2 Å². The van der Waals surface area contributed by atoms with Gasteiger partial charge in [0.15, 0.2) is 11.5 Å². The number of hydrogen-bond acceptors (Lipinski definition) is 6. The first-order valence-electron chi connectivity index (χ1n) is 11.5. The van der Waals surface area contributed by atoms with Gasteiger partial charge in [-0.15, -0.1) is 0 Å². The molecule has 0 saturated carbocycles. The number of benzene rings is 1. The highest BCUT2D eigenvalue weighted by Gasteiger charge is 2.28.